The maximum absolute atomic E-state index is 12.0. The second kappa shape index (κ2) is 7.08. The van der Waals surface area contributed by atoms with Gasteiger partial charge >= 0.3 is 5.97 Å². The molecular formula is C16H12Cl2N2O5. The molecule has 2 aromatic rings. The number of fused-ring (bicyclic) bond motifs is 1. The standard InChI is InChI=1S/C16H12Cl2N2O5/c17-8-3-10(15(19)11(18)4-8)16(22)23-6-14(21)20-9-1-2-12-13(5-9)25-7-24-12/h1-5H,6-7,19H2,(H,20,21). The van der Waals surface area contributed by atoms with E-state index in [0.29, 0.717) is 17.2 Å². The topological polar surface area (TPSA) is 99.9 Å². The van der Waals surface area contributed by atoms with Gasteiger partial charge in [-0.2, -0.15) is 0 Å². The monoisotopic (exact) mass is 382 g/mol. The van der Waals surface area contributed by atoms with E-state index in [-0.39, 0.29) is 28.1 Å². The molecule has 0 aliphatic carbocycles. The lowest BCUT2D eigenvalue weighted by atomic mass is 10.2. The van der Waals surface area contributed by atoms with Gasteiger partial charge in [-0.05, 0) is 24.3 Å². The Labute approximate surface area is 152 Å². The third-order valence-electron chi connectivity index (χ3n) is 3.30. The van der Waals surface area contributed by atoms with Crippen molar-refractivity contribution in [2.45, 2.75) is 0 Å². The fourth-order valence-electron chi connectivity index (χ4n) is 2.13. The Kier molecular flexibility index (Phi) is 4.87. The van der Waals surface area contributed by atoms with E-state index in [1.54, 1.807) is 18.2 Å². The molecule has 0 aromatic heterocycles. The van der Waals surface area contributed by atoms with Crippen molar-refractivity contribution in [3.05, 3.63) is 45.9 Å². The van der Waals surface area contributed by atoms with Crippen molar-refractivity contribution < 1.29 is 23.8 Å². The molecule has 3 rings (SSSR count). The van der Waals surface area contributed by atoms with Gasteiger partial charge in [0.25, 0.3) is 5.91 Å². The summed E-state index contributed by atoms with van der Waals surface area (Å²) in [4.78, 5) is 24.0. The van der Waals surface area contributed by atoms with Gasteiger partial charge in [0.15, 0.2) is 18.1 Å². The Hall–Kier alpha value is -2.64. The number of halogens is 2. The molecule has 25 heavy (non-hydrogen) atoms. The number of esters is 1. The number of nitrogens with one attached hydrogen (secondary N) is 1. The largest absolute Gasteiger partial charge is 0.454 e. The second-order valence-electron chi connectivity index (χ2n) is 5.04. The maximum atomic E-state index is 12.0. The lowest BCUT2D eigenvalue weighted by molar-refractivity contribution is -0.119. The second-order valence-corrected chi connectivity index (χ2v) is 5.88. The molecule has 1 aliphatic rings. The van der Waals surface area contributed by atoms with Crippen molar-refractivity contribution in [3.8, 4) is 11.5 Å². The third-order valence-corrected chi connectivity index (χ3v) is 3.84. The minimum atomic E-state index is -0.803. The number of hydrogen-bond acceptors (Lipinski definition) is 6. The molecule has 0 spiro atoms. The van der Waals surface area contributed by atoms with Crippen LogP contribution < -0.4 is 20.5 Å². The van der Waals surface area contributed by atoms with Crippen LogP contribution in [0.4, 0.5) is 11.4 Å². The molecule has 9 heteroatoms. The predicted octanol–water partition coefficient (Wildman–Crippen LogP) is 3.10. The molecule has 7 nitrogen and oxygen atoms in total. The zero-order valence-electron chi connectivity index (χ0n) is 12.7. The Morgan fingerprint density at radius 2 is 1.92 bits per heavy atom. The Bertz CT molecular complexity index is 857. The summed E-state index contributed by atoms with van der Waals surface area (Å²) in [6.07, 6.45) is 0. The molecule has 0 bridgehead atoms. The maximum Gasteiger partial charge on any atom is 0.340 e. The van der Waals surface area contributed by atoms with Crippen LogP contribution in [-0.4, -0.2) is 25.3 Å². The Balaban J connectivity index is 1.60. The third kappa shape index (κ3) is 3.89. The van der Waals surface area contributed by atoms with Crippen molar-refractivity contribution >= 4 is 46.5 Å². The molecule has 0 radical (unpaired) electrons. The molecule has 3 N–H and O–H groups in total. The van der Waals surface area contributed by atoms with Gasteiger partial charge < -0.3 is 25.3 Å². The number of carbonyl (C=O) groups excluding carboxylic acids is 2. The minimum absolute atomic E-state index is 0.00613. The molecule has 0 fully saturated rings. The Morgan fingerprint density at radius 3 is 2.72 bits per heavy atom. The average Bonchev–Trinajstić information content (AvgIpc) is 3.03. The van der Waals surface area contributed by atoms with Gasteiger partial charge in [-0.3, -0.25) is 4.79 Å². The number of rotatable bonds is 4. The van der Waals surface area contributed by atoms with Gasteiger partial charge in [-0.1, -0.05) is 23.2 Å². The highest BCUT2D eigenvalue weighted by Crippen LogP contribution is 2.34. The first-order valence-electron chi connectivity index (χ1n) is 7.05. The average molecular weight is 383 g/mol. The molecule has 0 saturated carbocycles. The number of anilines is 2. The fraction of sp³-hybridized carbons (Fsp3) is 0.125. The molecule has 0 atom stereocenters. The van der Waals surface area contributed by atoms with Crippen LogP contribution >= 0.6 is 23.2 Å². The highest BCUT2D eigenvalue weighted by atomic mass is 35.5. The molecule has 0 unspecified atom stereocenters. The van der Waals surface area contributed by atoms with Gasteiger partial charge in [0.1, 0.15) is 0 Å². The van der Waals surface area contributed by atoms with Crippen LogP contribution in [0.25, 0.3) is 0 Å². The van der Waals surface area contributed by atoms with E-state index >= 15 is 0 Å². The van der Waals surface area contributed by atoms with Crippen LogP contribution in [0.15, 0.2) is 30.3 Å². The molecule has 1 aliphatic heterocycles. The van der Waals surface area contributed by atoms with Gasteiger partial charge in [-0.15, -0.1) is 0 Å². The zero-order chi connectivity index (χ0) is 18.0. The van der Waals surface area contributed by atoms with Gasteiger partial charge in [0.05, 0.1) is 16.3 Å². The number of nitrogen functional groups attached to an aromatic ring is 1. The molecule has 1 heterocycles. The number of nitrogens with two attached hydrogens (primary N) is 1. The predicted molar refractivity (Wildman–Crippen MR) is 92.4 cm³/mol. The quantitative estimate of drug-likeness (QED) is 0.622. The zero-order valence-corrected chi connectivity index (χ0v) is 14.2. The van der Waals surface area contributed by atoms with Crippen LogP contribution in [-0.2, 0) is 9.53 Å². The number of benzene rings is 2. The highest BCUT2D eigenvalue weighted by Gasteiger charge is 2.18. The fourth-order valence-corrected chi connectivity index (χ4v) is 2.63. The molecule has 1 amide bonds. The van der Waals surface area contributed by atoms with Crippen molar-refractivity contribution in [2.75, 3.05) is 24.5 Å². The summed E-state index contributed by atoms with van der Waals surface area (Å²) in [7, 11) is 0. The summed E-state index contributed by atoms with van der Waals surface area (Å²) in [6.45, 7) is -0.370. The summed E-state index contributed by atoms with van der Waals surface area (Å²) in [5.74, 6) is -0.212. The smallest absolute Gasteiger partial charge is 0.340 e. The first kappa shape index (κ1) is 17.2. The van der Waals surface area contributed by atoms with Crippen LogP contribution in [0.5, 0.6) is 11.5 Å². The highest BCUT2D eigenvalue weighted by molar-refractivity contribution is 6.37. The molecular weight excluding hydrogens is 371 g/mol. The summed E-state index contributed by atoms with van der Waals surface area (Å²) in [6, 6.07) is 7.64. The minimum Gasteiger partial charge on any atom is -0.454 e. The summed E-state index contributed by atoms with van der Waals surface area (Å²) < 4.78 is 15.3. The van der Waals surface area contributed by atoms with Crippen LogP contribution in [0, 0.1) is 0 Å². The van der Waals surface area contributed by atoms with E-state index in [4.69, 9.17) is 43.1 Å². The van der Waals surface area contributed by atoms with Crippen LogP contribution in [0.2, 0.25) is 10.0 Å². The molecule has 2 aromatic carbocycles. The number of carbonyl (C=O) groups is 2. The number of ether oxygens (including phenoxy) is 3. The van der Waals surface area contributed by atoms with E-state index in [1.165, 1.54) is 12.1 Å². The lowest BCUT2D eigenvalue weighted by Gasteiger charge is -2.09. The van der Waals surface area contributed by atoms with Crippen LogP contribution in [0.3, 0.4) is 0 Å². The van der Waals surface area contributed by atoms with Crippen LogP contribution in [0.1, 0.15) is 10.4 Å². The van der Waals surface area contributed by atoms with Crippen molar-refractivity contribution in [1.29, 1.82) is 0 Å². The Morgan fingerprint density at radius 1 is 1.16 bits per heavy atom. The first-order valence-corrected chi connectivity index (χ1v) is 7.81. The van der Waals surface area contributed by atoms with Gasteiger partial charge in [0, 0.05) is 16.8 Å². The molecule has 130 valence electrons. The van der Waals surface area contributed by atoms with Gasteiger partial charge in [0.2, 0.25) is 6.79 Å². The van der Waals surface area contributed by atoms with E-state index in [9.17, 15) is 9.59 Å². The number of amides is 1. The van der Waals surface area contributed by atoms with Crippen molar-refractivity contribution in [3.63, 3.8) is 0 Å². The molecule has 0 saturated heterocycles. The van der Waals surface area contributed by atoms with E-state index in [2.05, 4.69) is 5.32 Å². The number of hydrogen-bond donors (Lipinski definition) is 2. The van der Waals surface area contributed by atoms with E-state index in [1.807, 2.05) is 0 Å². The SMILES string of the molecule is Nc1c(Cl)cc(Cl)cc1C(=O)OCC(=O)Nc1ccc2c(c1)OCO2. The first-order chi connectivity index (χ1) is 11.9. The summed E-state index contributed by atoms with van der Waals surface area (Å²) >= 11 is 11.7. The summed E-state index contributed by atoms with van der Waals surface area (Å²) in [5.41, 5.74) is 6.23. The lowest BCUT2D eigenvalue weighted by Crippen LogP contribution is -2.21. The van der Waals surface area contributed by atoms with Crippen molar-refractivity contribution in [1.82, 2.24) is 0 Å². The van der Waals surface area contributed by atoms with Gasteiger partial charge in [-0.25, -0.2) is 4.79 Å². The normalized spacial score (nSPS) is 11.9. The summed E-state index contributed by atoms with van der Waals surface area (Å²) in [5, 5.41) is 2.94. The van der Waals surface area contributed by atoms with E-state index in [0.717, 1.165) is 0 Å². The van der Waals surface area contributed by atoms with E-state index < -0.39 is 18.5 Å². The van der Waals surface area contributed by atoms with Crippen molar-refractivity contribution in [2.24, 2.45) is 0 Å².